The summed E-state index contributed by atoms with van der Waals surface area (Å²) in [4.78, 5) is 23.5. The van der Waals surface area contributed by atoms with Crippen molar-refractivity contribution in [3.63, 3.8) is 0 Å². The van der Waals surface area contributed by atoms with Gasteiger partial charge in [0.15, 0.2) is 0 Å². The predicted octanol–water partition coefficient (Wildman–Crippen LogP) is 1.46. The van der Waals surface area contributed by atoms with Crippen LogP contribution in [-0.2, 0) is 14.3 Å². The number of ketones is 1. The van der Waals surface area contributed by atoms with Crippen LogP contribution in [0.1, 0.15) is 10.4 Å². The molecule has 0 amide bonds. The first-order valence-corrected chi connectivity index (χ1v) is 5.01. The lowest BCUT2D eigenvalue weighted by atomic mass is 9.98. The summed E-state index contributed by atoms with van der Waals surface area (Å²) in [6.07, 6.45) is 0. The molecule has 0 bridgehead atoms. The van der Waals surface area contributed by atoms with Gasteiger partial charge in [0.2, 0.25) is 5.78 Å². The van der Waals surface area contributed by atoms with E-state index < -0.39 is 17.4 Å². The van der Waals surface area contributed by atoms with Crippen LogP contribution in [0.15, 0.2) is 24.3 Å². The Morgan fingerprint density at radius 1 is 1.44 bits per heavy atom. The summed E-state index contributed by atoms with van der Waals surface area (Å²) in [5, 5.41) is 0.297. The van der Waals surface area contributed by atoms with Gasteiger partial charge < -0.3 is 9.47 Å². The highest BCUT2D eigenvalue weighted by atomic mass is 35.5. The van der Waals surface area contributed by atoms with Gasteiger partial charge in [-0.1, -0.05) is 23.7 Å². The van der Waals surface area contributed by atoms with E-state index in [1.807, 2.05) is 0 Å². The van der Waals surface area contributed by atoms with E-state index in [0.29, 0.717) is 5.02 Å². The van der Waals surface area contributed by atoms with E-state index in [2.05, 4.69) is 4.74 Å². The second-order valence-corrected chi connectivity index (χ2v) is 3.82. The highest BCUT2D eigenvalue weighted by Crippen LogP contribution is 2.34. The molecule has 2 rings (SSSR count). The molecule has 1 aliphatic rings. The summed E-state index contributed by atoms with van der Waals surface area (Å²) in [6.45, 7) is 0.0454. The zero-order chi connectivity index (χ0) is 11.8. The maximum atomic E-state index is 12.0. The molecule has 16 heavy (non-hydrogen) atoms. The van der Waals surface area contributed by atoms with Gasteiger partial charge in [-0.25, -0.2) is 4.79 Å². The average molecular weight is 241 g/mol. The van der Waals surface area contributed by atoms with Gasteiger partial charge in [-0.05, 0) is 12.1 Å². The van der Waals surface area contributed by atoms with Crippen LogP contribution in [0.2, 0.25) is 5.02 Å². The Morgan fingerprint density at radius 3 is 2.56 bits per heavy atom. The Bertz CT molecular complexity index is 451. The highest BCUT2D eigenvalue weighted by Gasteiger charge is 2.60. The lowest BCUT2D eigenvalue weighted by Crippen LogP contribution is -2.35. The number of esters is 1. The first-order chi connectivity index (χ1) is 7.62. The fourth-order valence-electron chi connectivity index (χ4n) is 1.44. The molecule has 0 N–H and O–H groups in total. The fourth-order valence-corrected chi connectivity index (χ4v) is 1.66. The van der Waals surface area contributed by atoms with Gasteiger partial charge in [-0.3, -0.25) is 4.79 Å². The Kier molecular flexibility index (Phi) is 2.69. The molecular formula is C11H9ClO4. The topological polar surface area (TPSA) is 55.9 Å². The molecule has 5 heteroatoms. The number of ether oxygens (including phenoxy) is 2. The van der Waals surface area contributed by atoms with E-state index >= 15 is 0 Å². The molecule has 0 saturated carbocycles. The number of Topliss-reactive ketones (excluding diaryl/α,β-unsaturated/α-hetero) is 1. The van der Waals surface area contributed by atoms with Gasteiger partial charge in [-0.2, -0.15) is 0 Å². The lowest BCUT2D eigenvalue weighted by molar-refractivity contribution is -0.144. The number of hydrogen-bond donors (Lipinski definition) is 0. The van der Waals surface area contributed by atoms with E-state index in [-0.39, 0.29) is 12.2 Å². The van der Waals surface area contributed by atoms with Crippen LogP contribution < -0.4 is 0 Å². The van der Waals surface area contributed by atoms with Crippen molar-refractivity contribution in [3.8, 4) is 0 Å². The van der Waals surface area contributed by atoms with E-state index in [9.17, 15) is 9.59 Å². The number of carbonyl (C=O) groups is 2. The van der Waals surface area contributed by atoms with Crippen molar-refractivity contribution in [1.29, 1.82) is 0 Å². The maximum Gasteiger partial charge on any atom is 0.348 e. The molecule has 1 saturated heterocycles. The highest BCUT2D eigenvalue weighted by molar-refractivity contribution is 6.35. The first kappa shape index (κ1) is 11.1. The Balaban J connectivity index is 2.34. The number of benzene rings is 1. The summed E-state index contributed by atoms with van der Waals surface area (Å²) in [5.74, 6) is -1.14. The van der Waals surface area contributed by atoms with Crippen LogP contribution in [0.5, 0.6) is 0 Å². The third-order valence-corrected chi connectivity index (χ3v) is 2.76. The molecule has 1 fully saturated rings. The summed E-state index contributed by atoms with van der Waals surface area (Å²) < 4.78 is 9.47. The number of halogens is 1. The molecule has 0 aromatic heterocycles. The van der Waals surface area contributed by atoms with Gasteiger partial charge >= 0.3 is 5.97 Å². The standard InChI is InChI=1S/C11H9ClO4/c1-15-10(14)11(6-16-11)9(13)7-4-2-3-5-8(7)12/h2-5H,6H2,1H3. The van der Waals surface area contributed by atoms with Gasteiger partial charge in [-0.15, -0.1) is 0 Å². The van der Waals surface area contributed by atoms with Crippen LogP contribution in [0.3, 0.4) is 0 Å². The zero-order valence-corrected chi connectivity index (χ0v) is 9.28. The molecule has 0 spiro atoms. The van der Waals surface area contributed by atoms with E-state index in [1.165, 1.54) is 7.11 Å². The summed E-state index contributed by atoms with van der Waals surface area (Å²) >= 11 is 5.87. The average Bonchev–Trinajstić information content (AvgIpc) is 3.09. The molecule has 0 radical (unpaired) electrons. The van der Waals surface area contributed by atoms with Crippen molar-refractivity contribution in [2.24, 2.45) is 0 Å². The minimum atomic E-state index is -1.47. The van der Waals surface area contributed by atoms with Crippen molar-refractivity contribution in [2.45, 2.75) is 5.60 Å². The van der Waals surface area contributed by atoms with Crippen molar-refractivity contribution in [3.05, 3.63) is 34.9 Å². The van der Waals surface area contributed by atoms with Crippen molar-refractivity contribution in [2.75, 3.05) is 13.7 Å². The molecule has 84 valence electrons. The maximum absolute atomic E-state index is 12.0. The molecule has 1 aromatic rings. The van der Waals surface area contributed by atoms with Crippen LogP contribution in [-0.4, -0.2) is 31.1 Å². The fraction of sp³-hybridized carbons (Fsp3) is 0.273. The lowest BCUT2D eigenvalue weighted by Gasteiger charge is -2.09. The van der Waals surface area contributed by atoms with Crippen molar-refractivity contribution >= 4 is 23.4 Å². The van der Waals surface area contributed by atoms with Gasteiger partial charge in [0.1, 0.15) is 0 Å². The number of epoxide rings is 1. The Morgan fingerprint density at radius 2 is 2.06 bits per heavy atom. The van der Waals surface area contributed by atoms with Crippen molar-refractivity contribution in [1.82, 2.24) is 0 Å². The molecule has 1 heterocycles. The third kappa shape index (κ3) is 1.60. The predicted molar refractivity (Wildman–Crippen MR) is 56.5 cm³/mol. The molecule has 0 aliphatic carbocycles. The molecular weight excluding hydrogens is 232 g/mol. The van der Waals surface area contributed by atoms with Gasteiger partial charge in [0, 0.05) is 5.56 Å². The van der Waals surface area contributed by atoms with E-state index in [0.717, 1.165) is 0 Å². The minimum absolute atomic E-state index is 0.0454. The number of carbonyl (C=O) groups excluding carboxylic acids is 2. The van der Waals surface area contributed by atoms with Crippen LogP contribution >= 0.6 is 11.6 Å². The smallest absolute Gasteiger partial charge is 0.348 e. The first-order valence-electron chi connectivity index (χ1n) is 4.63. The van der Waals surface area contributed by atoms with Crippen LogP contribution in [0, 0.1) is 0 Å². The van der Waals surface area contributed by atoms with Gasteiger partial charge in [0.05, 0.1) is 18.7 Å². The molecule has 1 unspecified atom stereocenters. The van der Waals surface area contributed by atoms with Gasteiger partial charge in [0.25, 0.3) is 5.60 Å². The largest absolute Gasteiger partial charge is 0.466 e. The monoisotopic (exact) mass is 240 g/mol. The Labute approximate surface area is 97.1 Å². The third-order valence-electron chi connectivity index (χ3n) is 2.43. The van der Waals surface area contributed by atoms with Crippen molar-refractivity contribution < 1.29 is 19.1 Å². The molecule has 1 aromatic carbocycles. The van der Waals surface area contributed by atoms with E-state index in [1.54, 1.807) is 24.3 Å². The minimum Gasteiger partial charge on any atom is -0.466 e. The number of rotatable bonds is 3. The number of hydrogen-bond acceptors (Lipinski definition) is 4. The number of methoxy groups -OCH3 is 1. The summed E-state index contributed by atoms with van der Waals surface area (Å²) in [7, 11) is 1.21. The molecule has 1 aliphatic heterocycles. The molecule has 1 atom stereocenters. The second-order valence-electron chi connectivity index (χ2n) is 3.42. The van der Waals surface area contributed by atoms with Crippen LogP contribution in [0.25, 0.3) is 0 Å². The van der Waals surface area contributed by atoms with E-state index in [4.69, 9.17) is 16.3 Å². The summed E-state index contributed by atoms with van der Waals surface area (Å²) in [5.41, 5.74) is -1.20. The summed E-state index contributed by atoms with van der Waals surface area (Å²) in [6, 6.07) is 6.52. The molecule has 4 nitrogen and oxygen atoms in total. The SMILES string of the molecule is COC(=O)C1(C(=O)c2ccccc2Cl)CO1. The van der Waals surface area contributed by atoms with Crippen LogP contribution in [0.4, 0.5) is 0 Å². The Hall–Kier alpha value is -1.39. The normalized spacial score (nSPS) is 22.6. The zero-order valence-electron chi connectivity index (χ0n) is 8.53. The second kappa shape index (κ2) is 3.88. The quantitative estimate of drug-likeness (QED) is 0.347.